The Labute approximate surface area is 95.6 Å². The minimum Gasteiger partial charge on any atom is -0.372 e. The van der Waals surface area contributed by atoms with Crippen LogP contribution in [0, 0.1) is 0 Å². The van der Waals surface area contributed by atoms with Gasteiger partial charge in [0.15, 0.2) is 0 Å². The van der Waals surface area contributed by atoms with Gasteiger partial charge in [0.2, 0.25) is 0 Å². The van der Waals surface area contributed by atoms with Gasteiger partial charge in [-0.2, -0.15) is 0 Å². The molecule has 0 aromatic heterocycles. The summed E-state index contributed by atoms with van der Waals surface area (Å²) in [7, 11) is 0. The highest BCUT2D eigenvalue weighted by Gasteiger charge is 2.34. The summed E-state index contributed by atoms with van der Waals surface area (Å²) in [5.41, 5.74) is 1.07. The highest BCUT2D eigenvalue weighted by atomic mass is 35.5. The molecule has 0 amide bonds. The standard InChI is InChI=1S/C12H16ClNO/c1-12(2)11(14-7-8-15-12)9-3-5-10(13)6-4-9/h3-6,11,14H,7-8H2,1-2H3. The van der Waals surface area contributed by atoms with Gasteiger partial charge in [-0.3, -0.25) is 0 Å². The van der Waals surface area contributed by atoms with Crippen LogP contribution in [0.1, 0.15) is 25.5 Å². The molecule has 1 unspecified atom stereocenters. The lowest BCUT2D eigenvalue weighted by Crippen LogP contribution is -2.48. The van der Waals surface area contributed by atoms with Gasteiger partial charge in [-0.15, -0.1) is 0 Å². The molecule has 0 aliphatic carbocycles. The Bertz CT molecular complexity index is 334. The van der Waals surface area contributed by atoms with Gasteiger partial charge < -0.3 is 10.1 Å². The summed E-state index contributed by atoms with van der Waals surface area (Å²) in [4.78, 5) is 0. The molecule has 1 N–H and O–H groups in total. The van der Waals surface area contributed by atoms with Crippen molar-refractivity contribution in [2.45, 2.75) is 25.5 Å². The van der Waals surface area contributed by atoms with Crippen molar-refractivity contribution in [1.82, 2.24) is 5.32 Å². The number of hydrogen-bond donors (Lipinski definition) is 1. The summed E-state index contributed by atoms with van der Waals surface area (Å²) in [6.07, 6.45) is 0. The quantitative estimate of drug-likeness (QED) is 0.794. The van der Waals surface area contributed by atoms with Crippen LogP contribution in [0.15, 0.2) is 24.3 Å². The first-order valence-corrected chi connectivity index (χ1v) is 5.60. The maximum absolute atomic E-state index is 5.87. The molecule has 1 aromatic rings. The zero-order valence-corrected chi connectivity index (χ0v) is 9.84. The second kappa shape index (κ2) is 4.12. The van der Waals surface area contributed by atoms with Crippen molar-refractivity contribution in [3.8, 4) is 0 Å². The maximum Gasteiger partial charge on any atom is 0.0821 e. The van der Waals surface area contributed by atoms with Crippen LogP contribution in [0.25, 0.3) is 0 Å². The summed E-state index contributed by atoms with van der Waals surface area (Å²) in [6.45, 7) is 5.89. The molecule has 1 saturated heterocycles. The predicted molar refractivity (Wildman–Crippen MR) is 62.2 cm³/mol. The van der Waals surface area contributed by atoms with Gasteiger partial charge in [0.1, 0.15) is 0 Å². The normalized spacial score (nSPS) is 25.1. The van der Waals surface area contributed by atoms with Crippen LogP contribution in [-0.4, -0.2) is 18.8 Å². The van der Waals surface area contributed by atoms with Crippen LogP contribution in [0.4, 0.5) is 0 Å². The number of ether oxygens (including phenoxy) is 1. The van der Waals surface area contributed by atoms with E-state index in [4.69, 9.17) is 16.3 Å². The Balaban J connectivity index is 2.25. The average molecular weight is 226 g/mol. The molecule has 0 saturated carbocycles. The zero-order chi connectivity index (χ0) is 10.9. The lowest BCUT2D eigenvalue weighted by atomic mass is 9.90. The Morgan fingerprint density at radius 2 is 2.00 bits per heavy atom. The van der Waals surface area contributed by atoms with E-state index in [2.05, 4.69) is 31.3 Å². The Hall–Kier alpha value is -0.570. The second-order valence-corrected chi connectivity index (χ2v) is 4.83. The average Bonchev–Trinajstić information content (AvgIpc) is 2.19. The smallest absolute Gasteiger partial charge is 0.0821 e. The predicted octanol–water partition coefficient (Wildman–Crippen LogP) is 2.78. The second-order valence-electron chi connectivity index (χ2n) is 4.39. The lowest BCUT2D eigenvalue weighted by Gasteiger charge is -2.39. The van der Waals surface area contributed by atoms with E-state index in [1.165, 1.54) is 5.56 Å². The van der Waals surface area contributed by atoms with Crippen molar-refractivity contribution in [3.05, 3.63) is 34.9 Å². The van der Waals surface area contributed by atoms with E-state index in [0.717, 1.165) is 18.2 Å². The largest absolute Gasteiger partial charge is 0.372 e. The minimum absolute atomic E-state index is 0.161. The van der Waals surface area contributed by atoms with Crippen LogP contribution in [-0.2, 0) is 4.74 Å². The topological polar surface area (TPSA) is 21.3 Å². The van der Waals surface area contributed by atoms with Gasteiger partial charge in [-0.25, -0.2) is 0 Å². The first-order chi connectivity index (χ1) is 7.09. The van der Waals surface area contributed by atoms with Crippen molar-refractivity contribution in [3.63, 3.8) is 0 Å². The number of halogens is 1. The monoisotopic (exact) mass is 225 g/mol. The molecule has 1 aliphatic heterocycles. The summed E-state index contributed by atoms with van der Waals surface area (Å²) in [5.74, 6) is 0. The van der Waals surface area contributed by atoms with Gasteiger partial charge in [0.05, 0.1) is 18.2 Å². The van der Waals surface area contributed by atoms with E-state index < -0.39 is 0 Å². The Morgan fingerprint density at radius 1 is 1.33 bits per heavy atom. The lowest BCUT2D eigenvalue weighted by molar-refractivity contribution is -0.0722. The Kier molecular flexibility index (Phi) is 3.01. The van der Waals surface area contributed by atoms with Gasteiger partial charge in [-0.1, -0.05) is 23.7 Å². The van der Waals surface area contributed by atoms with Crippen LogP contribution < -0.4 is 5.32 Å². The fraction of sp³-hybridized carbons (Fsp3) is 0.500. The van der Waals surface area contributed by atoms with Crippen molar-refractivity contribution in [1.29, 1.82) is 0 Å². The summed E-state index contributed by atoms with van der Waals surface area (Å²) in [6, 6.07) is 8.18. The molecule has 15 heavy (non-hydrogen) atoms. The van der Waals surface area contributed by atoms with Crippen molar-refractivity contribution >= 4 is 11.6 Å². The van der Waals surface area contributed by atoms with Gasteiger partial charge in [-0.05, 0) is 31.5 Å². The third kappa shape index (κ3) is 2.33. The molecule has 2 nitrogen and oxygen atoms in total. The van der Waals surface area contributed by atoms with Crippen LogP contribution in [0.5, 0.6) is 0 Å². The zero-order valence-electron chi connectivity index (χ0n) is 9.09. The molecule has 3 heteroatoms. The third-order valence-electron chi connectivity index (χ3n) is 2.82. The molecule has 1 aliphatic rings. The highest BCUT2D eigenvalue weighted by molar-refractivity contribution is 6.30. The maximum atomic E-state index is 5.87. The van der Waals surface area contributed by atoms with Gasteiger partial charge in [0, 0.05) is 11.6 Å². The first kappa shape index (κ1) is 10.9. The summed E-state index contributed by atoms with van der Waals surface area (Å²) >= 11 is 5.87. The molecular weight excluding hydrogens is 210 g/mol. The fourth-order valence-corrected chi connectivity index (χ4v) is 2.15. The number of nitrogens with one attached hydrogen (secondary N) is 1. The van der Waals surface area contributed by atoms with Crippen molar-refractivity contribution < 1.29 is 4.74 Å². The van der Waals surface area contributed by atoms with Gasteiger partial charge in [0.25, 0.3) is 0 Å². The van der Waals surface area contributed by atoms with Crippen LogP contribution in [0.3, 0.4) is 0 Å². The minimum atomic E-state index is -0.161. The molecule has 0 spiro atoms. The van der Waals surface area contributed by atoms with Crippen LogP contribution in [0.2, 0.25) is 5.02 Å². The number of hydrogen-bond acceptors (Lipinski definition) is 2. The van der Waals surface area contributed by atoms with Gasteiger partial charge >= 0.3 is 0 Å². The number of benzene rings is 1. The molecule has 1 atom stereocenters. The Morgan fingerprint density at radius 3 is 2.60 bits per heavy atom. The number of morpholine rings is 1. The highest BCUT2D eigenvalue weighted by Crippen LogP contribution is 2.31. The molecule has 2 rings (SSSR count). The van der Waals surface area contributed by atoms with Crippen molar-refractivity contribution in [2.24, 2.45) is 0 Å². The van der Waals surface area contributed by atoms with E-state index in [1.807, 2.05) is 12.1 Å². The molecule has 1 aromatic carbocycles. The third-order valence-corrected chi connectivity index (χ3v) is 3.08. The van der Waals surface area contributed by atoms with E-state index in [0.29, 0.717) is 0 Å². The molecule has 1 fully saturated rings. The SMILES string of the molecule is CC1(C)OCCNC1c1ccc(Cl)cc1. The van der Waals surface area contributed by atoms with E-state index in [-0.39, 0.29) is 11.6 Å². The molecular formula is C12H16ClNO. The molecule has 82 valence electrons. The van der Waals surface area contributed by atoms with Crippen molar-refractivity contribution in [2.75, 3.05) is 13.2 Å². The number of rotatable bonds is 1. The van der Waals surface area contributed by atoms with E-state index >= 15 is 0 Å². The summed E-state index contributed by atoms with van der Waals surface area (Å²) in [5, 5.41) is 4.25. The fourth-order valence-electron chi connectivity index (χ4n) is 2.02. The first-order valence-electron chi connectivity index (χ1n) is 5.22. The summed E-state index contributed by atoms with van der Waals surface area (Å²) < 4.78 is 5.77. The van der Waals surface area contributed by atoms with E-state index in [1.54, 1.807) is 0 Å². The molecule has 0 radical (unpaired) electrons. The molecule has 1 heterocycles. The van der Waals surface area contributed by atoms with E-state index in [9.17, 15) is 0 Å². The molecule has 0 bridgehead atoms. The van der Waals surface area contributed by atoms with Crippen LogP contribution >= 0.6 is 11.6 Å².